The average Bonchev–Trinajstić information content (AvgIpc) is 2.88. The fourth-order valence-electron chi connectivity index (χ4n) is 1.84. The molecule has 1 N–H and O–H groups in total. The van der Waals surface area contributed by atoms with Gasteiger partial charge in [-0.15, -0.1) is 0 Å². The SMILES string of the molecule is CCCNCc1ccc(COc2ccc(Cl)c(C)c2)o1. The van der Waals surface area contributed by atoms with E-state index in [1.165, 1.54) is 0 Å². The molecule has 0 saturated heterocycles. The molecule has 108 valence electrons. The van der Waals surface area contributed by atoms with Gasteiger partial charge < -0.3 is 14.5 Å². The third kappa shape index (κ3) is 4.29. The fourth-order valence-corrected chi connectivity index (χ4v) is 1.96. The average molecular weight is 294 g/mol. The van der Waals surface area contributed by atoms with E-state index in [-0.39, 0.29) is 0 Å². The summed E-state index contributed by atoms with van der Waals surface area (Å²) in [5, 5.41) is 4.05. The summed E-state index contributed by atoms with van der Waals surface area (Å²) >= 11 is 5.98. The first-order valence-electron chi connectivity index (χ1n) is 6.86. The molecule has 0 fully saturated rings. The van der Waals surface area contributed by atoms with E-state index in [1.807, 2.05) is 37.3 Å². The highest BCUT2D eigenvalue weighted by atomic mass is 35.5. The molecule has 0 aliphatic carbocycles. The Bertz CT molecular complexity index is 551. The molecular formula is C16H20ClNO2. The normalized spacial score (nSPS) is 10.8. The molecule has 0 unspecified atom stereocenters. The summed E-state index contributed by atoms with van der Waals surface area (Å²) < 4.78 is 11.4. The summed E-state index contributed by atoms with van der Waals surface area (Å²) in [4.78, 5) is 0. The number of ether oxygens (including phenoxy) is 1. The Hall–Kier alpha value is -1.45. The standard InChI is InChI=1S/C16H20ClNO2/c1-3-8-18-10-14-4-5-15(20-14)11-19-13-6-7-16(17)12(2)9-13/h4-7,9,18H,3,8,10-11H2,1-2H3. The van der Waals surface area contributed by atoms with Crippen LogP contribution in [0.2, 0.25) is 5.02 Å². The molecule has 0 atom stereocenters. The van der Waals surface area contributed by atoms with Gasteiger partial charge in [0.05, 0.1) is 6.54 Å². The van der Waals surface area contributed by atoms with Gasteiger partial charge in [-0.1, -0.05) is 18.5 Å². The summed E-state index contributed by atoms with van der Waals surface area (Å²) in [5.74, 6) is 2.56. The van der Waals surface area contributed by atoms with Crippen LogP contribution in [-0.2, 0) is 13.2 Å². The maximum Gasteiger partial charge on any atom is 0.146 e. The number of benzene rings is 1. The van der Waals surface area contributed by atoms with Crippen LogP contribution in [0.15, 0.2) is 34.7 Å². The second-order valence-corrected chi connectivity index (χ2v) is 5.15. The Morgan fingerprint density at radius 2 is 2.00 bits per heavy atom. The van der Waals surface area contributed by atoms with Gasteiger partial charge in [-0.05, 0) is 55.8 Å². The van der Waals surface area contributed by atoms with E-state index in [0.29, 0.717) is 6.61 Å². The number of hydrogen-bond donors (Lipinski definition) is 1. The van der Waals surface area contributed by atoms with E-state index in [1.54, 1.807) is 0 Å². The summed E-state index contributed by atoms with van der Waals surface area (Å²) in [7, 11) is 0. The first kappa shape index (κ1) is 14.9. The fraction of sp³-hybridized carbons (Fsp3) is 0.375. The molecule has 0 aliphatic heterocycles. The van der Waals surface area contributed by atoms with Crippen molar-refractivity contribution in [2.75, 3.05) is 6.54 Å². The van der Waals surface area contributed by atoms with Gasteiger partial charge in [0.25, 0.3) is 0 Å². The quantitative estimate of drug-likeness (QED) is 0.772. The lowest BCUT2D eigenvalue weighted by atomic mass is 10.2. The molecule has 0 saturated carbocycles. The minimum Gasteiger partial charge on any atom is -0.486 e. The number of hydrogen-bond acceptors (Lipinski definition) is 3. The van der Waals surface area contributed by atoms with Gasteiger partial charge in [-0.25, -0.2) is 0 Å². The van der Waals surface area contributed by atoms with Crippen LogP contribution in [-0.4, -0.2) is 6.54 Å². The van der Waals surface area contributed by atoms with E-state index in [2.05, 4.69) is 12.2 Å². The smallest absolute Gasteiger partial charge is 0.146 e. The lowest BCUT2D eigenvalue weighted by Gasteiger charge is -2.06. The predicted molar refractivity (Wildman–Crippen MR) is 81.2 cm³/mol. The van der Waals surface area contributed by atoms with Crippen molar-refractivity contribution in [2.45, 2.75) is 33.4 Å². The van der Waals surface area contributed by atoms with Crippen LogP contribution in [0.5, 0.6) is 5.75 Å². The Kier molecular flexibility index (Phi) is 5.50. The first-order valence-corrected chi connectivity index (χ1v) is 7.24. The van der Waals surface area contributed by atoms with Crippen LogP contribution in [0, 0.1) is 6.92 Å². The number of halogens is 1. The molecular weight excluding hydrogens is 274 g/mol. The number of nitrogens with one attached hydrogen (secondary N) is 1. The Morgan fingerprint density at radius 3 is 2.75 bits per heavy atom. The molecule has 1 aromatic heterocycles. The lowest BCUT2D eigenvalue weighted by molar-refractivity contribution is 0.265. The molecule has 2 aromatic rings. The molecule has 0 radical (unpaired) electrons. The minimum absolute atomic E-state index is 0.425. The van der Waals surface area contributed by atoms with E-state index in [0.717, 1.165) is 47.4 Å². The van der Waals surface area contributed by atoms with Gasteiger partial charge >= 0.3 is 0 Å². The molecule has 0 amide bonds. The van der Waals surface area contributed by atoms with Crippen LogP contribution in [0.4, 0.5) is 0 Å². The number of furan rings is 1. The highest BCUT2D eigenvalue weighted by Crippen LogP contribution is 2.22. The van der Waals surface area contributed by atoms with Crippen molar-refractivity contribution >= 4 is 11.6 Å². The highest BCUT2D eigenvalue weighted by Gasteiger charge is 2.04. The zero-order valence-corrected chi connectivity index (χ0v) is 12.7. The van der Waals surface area contributed by atoms with Crippen molar-refractivity contribution < 1.29 is 9.15 Å². The van der Waals surface area contributed by atoms with Gasteiger partial charge in [0.15, 0.2) is 0 Å². The number of rotatable bonds is 7. The second kappa shape index (κ2) is 7.36. The Balaban J connectivity index is 1.85. The van der Waals surface area contributed by atoms with Gasteiger partial charge in [0.1, 0.15) is 23.9 Å². The van der Waals surface area contributed by atoms with Crippen molar-refractivity contribution in [2.24, 2.45) is 0 Å². The first-order chi connectivity index (χ1) is 9.69. The molecule has 20 heavy (non-hydrogen) atoms. The maximum absolute atomic E-state index is 5.98. The maximum atomic E-state index is 5.98. The van der Waals surface area contributed by atoms with Crippen LogP contribution in [0.3, 0.4) is 0 Å². The minimum atomic E-state index is 0.425. The molecule has 1 heterocycles. The molecule has 2 rings (SSSR count). The van der Waals surface area contributed by atoms with Gasteiger partial charge in [-0.2, -0.15) is 0 Å². The van der Waals surface area contributed by atoms with Crippen molar-refractivity contribution in [3.8, 4) is 5.75 Å². The zero-order valence-electron chi connectivity index (χ0n) is 11.9. The van der Waals surface area contributed by atoms with E-state index < -0.39 is 0 Å². The summed E-state index contributed by atoms with van der Waals surface area (Å²) in [5.41, 5.74) is 1.01. The van der Waals surface area contributed by atoms with E-state index in [4.69, 9.17) is 20.8 Å². The lowest BCUT2D eigenvalue weighted by Crippen LogP contribution is -2.13. The predicted octanol–water partition coefficient (Wildman–Crippen LogP) is 4.32. The zero-order chi connectivity index (χ0) is 14.4. The molecule has 0 aliphatic rings. The Labute approximate surface area is 124 Å². The number of aryl methyl sites for hydroxylation is 1. The van der Waals surface area contributed by atoms with Gasteiger partial charge in [-0.3, -0.25) is 0 Å². The monoisotopic (exact) mass is 293 g/mol. The topological polar surface area (TPSA) is 34.4 Å². The second-order valence-electron chi connectivity index (χ2n) is 4.74. The third-order valence-corrected chi connectivity index (χ3v) is 3.38. The highest BCUT2D eigenvalue weighted by molar-refractivity contribution is 6.31. The van der Waals surface area contributed by atoms with E-state index in [9.17, 15) is 0 Å². The van der Waals surface area contributed by atoms with Crippen LogP contribution < -0.4 is 10.1 Å². The largest absolute Gasteiger partial charge is 0.486 e. The summed E-state index contributed by atoms with van der Waals surface area (Å²) in [6.07, 6.45) is 1.12. The molecule has 1 aromatic carbocycles. The summed E-state index contributed by atoms with van der Waals surface area (Å²) in [6.45, 7) is 6.28. The molecule has 4 heteroatoms. The van der Waals surface area contributed by atoms with Crippen molar-refractivity contribution in [3.05, 3.63) is 52.4 Å². The van der Waals surface area contributed by atoms with Crippen LogP contribution >= 0.6 is 11.6 Å². The molecule has 3 nitrogen and oxygen atoms in total. The molecule has 0 spiro atoms. The van der Waals surface area contributed by atoms with Crippen molar-refractivity contribution in [3.63, 3.8) is 0 Å². The van der Waals surface area contributed by atoms with Gasteiger partial charge in [0, 0.05) is 5.02 Å². The van der Waals surface area contributed by atoms with Crippen LogP contribution in [0.25, 0.3) is 0 Å². The van der Waals surface area contributed by atoms with Crippen LogP contribution in [0.1, 0.15) is 30.4 Å². The third-order valence-electron chi connectivity index (χ3n) is 2.95. The van der Waals surface area contributed by atoms with E-state index >= 15 is 0 Å². The molecule has 0 bridgehead atoms. The Morgan fingerprint density at radius 1 is 1.20 bits per heavy atom. The van der Waals surface area contributed by atoms with Crippen molar-refractivity contribution in [1.82, 2.24) is 5.32 Å². The van der Waals surface area contributed by atoms with Gasteiger partial charge in [0.2, 0.25) is 0 Å². The van der Waals surface area contributed by atoms with Crippen molar-refractivity contribution in [1.29, 1.82) is 0 Å². The summed E-state index contributed by atoms with van der Waals surface area (Å²) in [6, 6.07) is 9.56.